The molecular formula is C12H14N2O3S. The summed E-state index contributed by atoms with van der Waals surface area (Å²) in [5, 5.41) is 3.68. The van der Waals surface area contributed by atoms with Crippen molar-refractivity contribution in [1.29, 1.82) is 0 Å². The van der Waals surface area contributed by atoms with E-state index >= 15 is 0 Å². The number of thioether (sulfide) groups is 1. The number of nitrogens with two attached hydrogens (primary N) is 1. The minimum absolute atomic E-state index is 0.258. The van der Waals surface area contributed by atoms with Crippen LogP contribution in [0.25, 0.3) is 11.1 Å². The highest BCUT2D eigenvalue weighted by atomic mass is 32.2. The maximum absolute atomic E-state index is 5.75. The van der Waals surface area contributed by atoms with Crippen LogP contribution in [0.5, 0.6) is 11.5 Å². The average molecular weight is 266 g/mol. The molecule has 0 aliphatic heterocycles. The molecule has 0 spiro atoms. The van der Waals surface area contributed by atoms with E-state index < -0.39 is 0 Å². The number of aromatic nitrogens is 1. The minimum atomic E-state index is 0.258. The molecule has 2 rings (SSSR count). The Balaban J connectivity index is 2.67. The molecule has 5 nitrogen and oxygen atoms in total. The van der Waals surface area contributed by atoms with Gasteiger partial charge in [0.1, 0.15) is 11.5 Å². The Kier molecular flexibility index (Phi) is 3.66. The van der Waals surface area contributed by atoms with E-state index in [1.807, 2.05) is 18.4 Å². The second-order valence-corrected chi connectivity index (χ2v) is 4.36. The van der Waals surface area contributed by atoms with Crippen molar-refractivity contribution in [3.63, 3.8) is 0 Å². The molecule has 0 bridgehead atoms. The van der Waals surface area contributed by atoms with Crippen LogP contribution in [0.15, 0.2) is 27.7 Å². The normalized spacial score (nSPS) is 10.4. The van der Waals surface area contributed by atoms with Crippen LogP contribution in [0.2, 0.25) is 0 Å². The summed E-state index contributed by atoms with van der Waals surface area (Å²) >= 11 is 1.57. The number of anilines is 1. The highest BCUT2D eigenvalue weighted by Crippen LogP contribution is 2.42. The third-order valence-corrected chi connectivity index (χ3v) is 3.32. The van der Waals surface area contributed by atoms with Gasteiger partial charge in [-0.2, -0.15) is 0 Å². The van der Waals surface area contributed by atoms with E-state index in [0.29, 0.717) is 5.56 Å². The van der Waals surface area contributed by atoms with Crippen LogP contribution in [-0.4, -0.2) is 25.6 Å². The number of hydrogen-bond donors (Lipinski definition) is 1. The molecule has 0 radical (unpaired) electrons. The zero-order valence-electron chi connectivity index (χ0n) is 10.4. The number of rotatable bonds is 4. The Morgan fingerprint density at radius 3 is 2.50 bits per heavy atom. The standard InChI is InChI=1S/C12H14N2O3S/c1-15-7-4-8(9-6-14-17-12(9)13)11(16-2)10(5-7)18-3/h4-6H,13H2,1-3H3. The van der Waals surface area contributed by atoms with Crippen LogP contribution >= 0.6 is 11.8 Å². The number of benzene rings is 1. The number of hydrogen-bond acceptors (Lipinski definition) is 6. The molecule has 1 aromatic carbocycles. The van der Waals surface area contributed by atoms with E-state index in [1.54, 1.807) is 32.2 Å². The Labute approximate surface area is 109 Å². The molecule has 18 heavy (non-hydrogen) atoms. The van der Waals surface area contributed by atoms with Crippen molar-refractivity contribution in [2.75, 3.05) is 26.2 Å². The number of methoxy groups -OCH3 is 2. The molecule has 2 aromatic rings. The second-order valence-electron chi connectivity index (χ2n) is 3.51. The van der Waals surface area contributed by atoms with Gasteiger partial charge in [-0.1, -0.05) is 5.16 Å². The summed E-state index contributed by atoms with van der Waals surface area (Å²) in [6.07, 6.45) is 3.54. The van der Waals surface area contributed by atoms with Crippen molar-refractivity contribution in [1.82, 2.24) is 5.16 Å². The van der Waals surface area contributed by atoms with E-state index in [1.165, 1.54) is 0 Å². The molecule has 0 unspecified atom stereocenters. The number of nitrogens with zero attached hydrogens (tertiary/aromatic N) is 1. The molecule has 1 heterocycles. The SMILES string of the molecule is COc1cc(SC)c(OC)c(-c2cnoc2N)c1. The highest BCUT2D eigenvalue weighted by molar-refractivity contribution is 7.98. The largest absolute Gasteiger partial charge is 0.497 e. The molecule has 0 amide bonds. The smallest absolute Gasteiger partial charge is 0.230 e. The van der Waals surface area contributed by atoms with Crippen molar-refractivity contribution in [2.24, 2.45) is 0 Å². The van der Waals surface area contributed by atoms with Gasteiger partial charge in [0.15, 0.2) is 0 Å². The van der Waals surface area contributed by atoms with Crippen molar-refractivity contribution in [2.45, 2.75) is 4.90 Å². The van der Waals surface area contributed by atoms with Gasteiger partial charge in [-0.15, -0.1) is 11.8 Å². The molecular weight excluding hydrogens is 252 g/mol. The predicted octanol–water partition coefficient (Wildman–Crippen LogP) is 2.66. The lowest BCUT2D eigenvalue weighted by Gasteiger charge is -2.13. The van der Waals surface area contributed by atoms with E-state index in [2.05, 4.69) is 5.16 Å². The van der Waals surface area contributed by atoms with Crippen LogP contribution in [-0.2, 0) is 0 Å². The van der Waals surface area contributed by atoms with Crippen molar-refractivity contribution in [3.8, 4) is 22.6 Å². The molecule has 0 fully saturated rings. The molecule has 1 aromatic heterocycles. The fourth-order valence-electron chi connectivity index (χ4n) is 1.71. The Morgan fingerprint density at radius 2 is 2.00 bits per heavy atom. The first-order valence-corrected chi connectivity index (χ1v) is 6.44. The lowest BCUT2D eigenvalue weighted by Crippen LogP contribution is -1.94. The summed E-state index contributed by atoms with van der Waals surface area (Å²) < 4.78 is 15.6. The second kappa shape index (κ2) is 5.22. The summed E-state index contributed by atoms with van der Waals surface area (Å²) in [6, 6.07) is 3.76. The van der Waals surface area contributed by atoms with Crippen LogP contribution in [0.4, 0.5) is 5.88 Å². The van der Waals surface area contributed by atoms with Crippen molar-refractivity contribution >= 4 is 17.6 Å². The van der Waals surface area contributed by atoms with Gasteiger partial charge >= 0.3 is 0 Å². The molecule has 0 saturated heterocycles. The molecule has 0 aliphatic carbocycles. The van der Waals surface area contributed by atoms with E-state index in [-0.39, 0.29) is 5.88 Å². The van der Waals surface area contributed by atoms with Crippen LogP contribution < -0.4 is 15.2 Å². The monoisotopic (exact) mass is 266 g/mol. The number of ether oxygens (including phenoxy) is 2. The topological polar surface area (TPSA) is 70.5 Å². The third-order valence-electron chi connectivity index (χ3n) is 2.58. The van der Waals surface area contributed by atoms with E-state index in [9.17, 15) is 0 Å². The van der Waals surface area contributed by atoms with Crippen molar-refractivity contribution in [3.05, 3.63) is 18.3 Å². The molecule has 0 aliphatic rings. The summed E-state index contributed by atoms with van der Waals surface area (Å²) in [5.41, 5.74) is 7.25. The molecule has 96 valence electrons. The molecule has 0 saturated carbocycles. The fourth-order valence-corrected chi connectivity index (χ4v) is 2.32. The van der Waals surface area contributed by atoms with E-state index in [0.717, 1.165) is 22.0 Å². The van der Waals surface area contributed by atoms with Gasteiger partial charge in [0, 0.05) is 5.56 Å². The summed E-state index contributed by atoms with van der Waals surface area (Å²) in [5.74, 6) is 1.72. The lowest BCUT2D eigenvalue weighted by molar-refractivity contribution is 0.396. The minimum Gasteiger partial charge on any atom is -0.497 e. The van der Waals surface area contributed by atoms with Gasteiger partial charge in [-0.3, -0.25) is 0 Å². The van der Waals surface area contributed by atoms with Crippen LogP contribution in [0.1, 0.15) is 0 Å². The first-order chi connectivity index (χ1) is 8.71. The maximum atomic E-state index is 5.75. The Bertz CT molecular complexity index is 554. The first kappa shape index (κ1) is 12.6. The average Bonchev–Trinajstić information content (AvgIpc) is 2.83. The van der Waals surface area contributed by atoms with Gasteiger partial charge in [-0.05, 0) is 18.4 Å². The zero-order valence-corrected chi connectivity index (χ0v) is 11.2. The lowest BCUT2D eigenvalue weighted by atomic mass is 10.1. The van der Waals surface area contributed by atoms with Crippen LogP contribution in [0.3, 0.4) is 0 Å². The molecule has 0 atom stereocenters. The molecule has 6 heteroatoms. The van der Waals surface area contributed by atoms with Gasteiger partial charge in [0.05, 0.1) is 30.9 Å². The van der Waals surface area contributed by atoms with Gasteiger partial charge in [0.2, 0.25) is 5.88 Å². The van der Waals surface area contributed by atoms with Gasteiger partial charge in [0.25, 0.3) is 0 Å². The first-order valence-electron chi connectivity index (χ1n) is 5.21. The predicted molar refractivity (Wildman–Crippen MR) is 71.2 cm³/mol. The maximum Gasteiger partial charge on any atom is 0.230 e. The summed E-state index contributed by atoms with van der Waals surface area (Å²) in [4.78, 5) is 0.965. The quantitative estimate of drug-likeness (QED) is 0.858. The summed E-state index contributed by atoms with van der Waals surface area (Å²) in [6.45, 7) is 0. The molecule has 2 N–H and O–H groups in total. The third kappa shape index (κ3) is 2.11. The van der Waals surface area contributed by atoms with E-state index in [4.69, 9.17) is 19.7 Å². The summed E-state index contributed by atoms with van der Waals surface area (Å²) in [7, 11) is 3.24. The zero-order chi connectivity index (χ0) is 13.1. The highest BCUT2D eigenvalue weighted by Gasteiger charge is 2.17. The fraction of sp³-hybridized carbons (Fsp3) is 0.250. The van der Waals surface area contributed by atoms with Crippen molar-refractivity contribution < 1.29 is 14.0 Å². The Hall–Kier alpha value is -1.82. The Morgan fingerprint density at radius 1 is 1.22 bits per heavy atom. The van der Waals surface area contributed by atoms with Gasteiger partial charge in [-0.25, -0.2) is 0 Å². The number of nitrogen functional groups attached to an aromatic ring is 1. The van der Waals surface area contributed by atoms with Crippen LogP contribution in [0, 0.1) is 0 Å². The van der Waals surface area contributed by atoms with Gasteiger partial charge < -0.3 is 19.7 Å².